The molecule has 2 aromatic rings. The van der Waals surface area contributed by atoms with E-state index in [0.717, 1.165) is 10.5 Å². The summed E-state index contributed by atoms with van der Waals surface area (Å²) in [6, 6.07) is 6.03. The van der Waals surface area contributed by atoms with Crippen LogP contribution in [0.4, 0.5) is 8.78 Å². The van der Waals surface area contributed by atoms with Crippen LogP contribution in [-0.2, 0) is 16.6 Å². The van der Waals surface area contributed by atoms with Crippen LogP contribution < -0.4 is 0 Å². The average Bonchev–Trinajstić information content (AvgIpc) is 3.04. The lowest BCUT2D eigenvalue weighted by molar-refractivity contribution is -0.113. The van der Waals surface area contributed by atoms with E-state index < -0.39 is 41.0 Å². The molecule has 28 heavy (non-hydrogen) atoms. The smallest absolute Gasteiger partial charge is 0.282 e. The molecule has 1 aromatic carbocycles. The van der Waals surface area contributed by atoms with Crippen LogP contribution in [0.3, 0.4) is 0 Å². The minimum absolute atomic E-state index is 0.0620. The number of carbonyl (C=O) groups is 1. The maximum Gasteiger partial charge on any atom is 0.282 e. The number of imidazole rings is 1. The number of fused-ring (bicyclic) bond motifs is 1. The molecular weight excluding hydrogens is 390 g/mol. The lowest BCUT2D eigenvalue weighted by Crippen LogP contribution is -2.58. The number of nitrogens with zero attached hydrogens (tertiary/aromatic N) is 4. The standard InChI is InChI=1S/C18H20F2N4O3S/c1-12-3-5-14(6-4-12)28(26,27)24-8-7-22-9-15(21-16(22)13(24)2)17(25)23-10-18(19,20)11-23/h3-6,9,13H,7-8,10-11H2,1-2H3. The van der Waals surface area contributed by atoms with Gasteiger partial charge in [0.1, 0.15) is 11.5 Å². The van der Waals surface area contributed by atoms with Crippen molar-refractivity contribution in [1.82, 2.24) is 18.8 Å². The molecule has 1 amide bonds. The largest absolute Gasteiger partial charge is 0.331 e. The number of aromatic nitrogens is 2. The summed E-state index contributed by atoms with van der Waals surface area (Å²) >= 11 is 0. The van der Waals surface area contributed by atoms with Crippen LogP contribution in [0.2, 0.25) is 0 Å². The molecule has 0 N–H and O–H groups in total. The van der Waals surface area contributed by atoms with E-state index >= 15 is 0 Å². The molecule has 0 aliphatic carbocycles. The van der Waals surface area contributed by atoms with Gasteiger partial charge in [-0.25, -0.2) is 22.2 Å². The minimum atomic E-state index is -3.72. The van der Waals surface area contributed by atoms with Gasteiger partial charge in [-0.15, -0.1) is 0 Å². The van der Waals surface area contributed by atoms with Crippen molar-refractivity contribution >= 4 is 15.9 Å². The molecule has 1 unspecified atom stereocenters. The first-order chi connectivity index (χ1) is 13.1. The number of rotatable bonds is 3. The third-order valence-corrected chi connectivity index (χ3v) is 7.14. The van der Waals surface area contributed by atoms with Crippen molar-refractivity contribution < 1.29 is 22.0 Å². The first kappa shape index (κ1) is 19.0. The number of likely N-dealkylation sites (tertiary alicyclic amines) is 1. The van der Waals surface area contributed by atoms with Crippen LogP contribution in [0.5, 0.6) is 0 Å². The van der Waals surface area contributed by atoms with Gasteiger partial charge in [-0.3, -0.25) is 4.79 Å². The lowest BCUT2D eigenvalue weighted by Gasteiger charge is -2.38. The number of amides is 1. The quantitative estimate of drug-likeness (QED) is 0.776. The van der Waals surface area contributed by atoms with E-state index in [2.05, 4.69) is 4.98 Å². The number of hydrogen-bond donors (Lipinski definition) is 0. The summed E-state index contributed by atoms with van der Waals surface area (Å²) in [6.45, 7) is 2.92. The van der Waals surface area contributed by atoms with Crippen molar-refractivity contribution in [2.75, 3.05) is 19.6 Å². The Morgan fingerprint density at radius 1 is 1.18 bits per heavy atom. The van der Waals surface area contributed by atoms with Crippen LogP contribution >= 0.6 is 0 Å². The molecule has 1 aromatic heterocycles. The van der Waals surface area contributed by atoms with Crippen LogP contribution in [0.25, 0.3) is 0 Å². The zero-order valence-corrected chi connectivity index (χ0v) is 16.3. The summed E-state index contributed by atoms with van der Waals surface area (Å²) < 4.78 is 55.2. The Bertz CT molecular complexity index is 1030. The number of sulfonamides is 1. The summed E-state index contributed by atoms with van der Waals surface area (Å²) in [4.78, 5) is 17.9. The van der Waals surface area contributed by atoms with Gasteiger partial charge in [0.15, 0.2) is 0 Å². The third kappa shape index (κ3) is 3.10. The van der Waals surface area contributed by atoms with Gasteiger partial charge in [0.25, 0.3) is 11.8 Å². The molecule has 3 heterocycles. The number of hydrogen-bond acceptors (Lipinski definition) is 4. The highest BCUT2D eigenvalue weighted by molar-refractivity contribution is 7.89. The van der Waals surface area contributed by atoms with Gasteiger partial charge < -0.3 is 9.47 Å². The molecule has 1 atom stereocenters. The predicted octanol–water partition coefficient (Wildman–Crippen LogP) is 2.05. The molecule has 1 saturated heterocycles. The van der Waals surface area contributed by atoms with E-state index in [1.165, 1.54) is 10.5 Å². The molecule has 0 saturated carbocycles. The first-order valence-electron chi connectivity index (χ1n) is 8.91. The second kappa shape index (κ2) is 6.35. The van der Waals surface area contributed by atoms with Gasteiger partial charge in [-0.1, -0.05) is 17.7 Å². The van der Waals surface area contributed by atoms with Gasteiger partial charge in [0.05, 0.1) is 24.0 Å². The van der Waals surface area contributed by atoms with Crippen LogP contribution in [-0.4, -0.2) is 58.6 Å². The Morgan fingerprint density at radius 2 is 1.82 bits per heavy atom. The number of halogens is 2. The highest BCUT2D eigenvalue weighted by Gasteiger charge is 2.47. The molecule has 0 bridgehead atoms. The molecule has 150 valence electrons. The highest BCUT2D eigenvalue weighted by Crippen LogP contribution is 2.32. The topological polar surface area (TPSA) is 75.5 Å². The van der Waals surface area contributed by atoms with Crippen molar-refractivity contribution in [3.05, 3.63) is 47.5 Å². The van der Waals surface area contributed by atoms with Crippen molar-refractivity contribution in [2.45, 2.75) is 37.3 Å². The molecule has 7 nitrogen and oxygen atoms in total. The van der Waals surface area contributed by atoms with Crippen LogP contribution in [0.1, 0.15) is 34.8 Å². The van der Waals surface area contributed by atoms with E-state index in [9.17, 15) is 22.0 Å². The number of alkyl halides is 2. The number of benzene rings is 1. The molecule has 10 heteroatoms. The second-order valence-electron chi connectivity index (χ2n) is 7.30. The van der Waals surface area contributed by atoms with E-state index in [1.54, 1.807) is 35.8 Å². The van der Waals surface area contributed by atoms with Gasteiger partial charge in [-0.2, -0.15) is 4.31 Å². The van der Waals surface area contributed by atoms with Crippen molar-refractivity contribution in [3.8, 4) is 0 Å². The van der Waals surface area contributed by atoms with E-state index in [-0.39, 0.29) is 17.1 Å². The average molecular weight is 410 g/mol. The second-order valence-corrected chi connectivity index (χ2v) is 9.19. The van der Waals surface area contributed by atoms with Gasteiger partial charge in [-0.05, 0) is 26.0 Å². The van der Waals surface area contributed by atoms with E-state index in [1.807, 2.05) is 6.92 Å². The zero-order valence-electron chi connectivity index (χ0n) is 15.5. The molecule has 0 radical (unpaired) electrons. The molecule has 1 fully saturated rings. The van der Waals surface area contributed by atoms with Gasteiger partial charge in [0.2, 0.25) is 10.0 Å². The van der Waals surface area contributed by atoms with Gasteiger partial charge >= 0.3 is 0 Å². The van der Waals surface area contributed by atoms with E-state index in [4.69, 9.17) is 0 Å². The summed E-state index contributed by atoms with van der Waals surface area (Å²) in [5.74, 6) is -2.98. The van der Waals surface area contributed by atoms with E-state index in [0.29, 0.717) is 12.4 Å². The fourth-order valence-corrected chi connectivity index (χ4v) is 5.15. The Kier molecular flexibility index (Phi) is 4.31. The molecule has 4 rings (SSSR count). The summed E-state index contributed by atoms with van der Waals surface area (Å²) in [5, 5.41) is 0. The SMILES string of the molecule is Cc1ccc(S(=O)(=O)N2CCn3cc(C(=O)N4CC(F)(F)C4)nc3C2C)cc1. The Balaban J connectivity index is 1.59. The fraction of sp³-hybridized carbons (Fsp3) is 0.444. The van der Waals surface area contributed by atoms with Crippen LogP contribution in [0.15, 0.2) is 35.4 Å². The summed E-state index contributed by atoms with van der Waals surface area (Å²) in [7, 11) is -3.72. The summed E-state index contributed by atoms with van der Waals surface area (Å²) in [5.41, 5.74) is 1.02. The zero-order chi connectivity index (χ0) is 20.3. The monoisotopic (exact) mass is 410 g/mol. The third-order valence-electron chi connectivity index (χ3n) is 5.15. The normalized spacial score (nSPS) is 21.9. The first-order valence-corrected chi connectivity index (χ1v) is 10.4. The molecular formula is C18H20F2N4O3S. The summed E-state index contributed by atoms with van der Waals surface area (Å²) in [6.07, 6.45) is 1.51. The Hall–Kier alpha value is -2.33. The molecule has 0 spiro atoms. The minimum Gasteiger partial charge on any atom is -0.331 e. The van der Waals surface area contributed by atoms with Crippen molar-refractivity contribution in [3.63, 3.8) is 0 Å². The number of carbonyl (C=O) groups excluding carboxylic acids is 1. The Labute approximate surface area is 161 Å². The number of aryl methyl sites for hydroxylation is 1. The maximum atomic E-state index is 13.0. The van der Waals surface area contributed by atoms with Crippen molar-refractivity contribution in [2.24, 2.45) is 0 Å². The Morgan fingerprint density at radius 3 is 2.43 bits per heavy atom. The lowest BCUT2D eigenvalue weighted by atomic mass is 10.1. The molecule has 2 aliphatic rings. The van der Waals surface area contributed by atoms with Crippen molar-refractivity contribution in [1.29, 1.82) is 0 Å². The highest BCUT2D eigenvalue weighted by atomic mass is 32.2. The van der Waals surface area contributed by atoms with Crippen LogP contribution in [0, 0.1) is 6.92 Å². The molecule has 2 aliphatic heterocycles. The maximum absolute atomic E-state index is 13.0. The van der Waals surface area contributed by atoms with Gasteiger partial charge in [0, 0.05) is 19.3 Å². The fourth-order valence-electron chi connectivity index (χ4n) is 3.57. The predicted molar refractivity (Wildman–Crippen MR) is 96.6 cm³/mol.